The standard InChI is InChI=1S/C13H15ClO3/c1-2-4-10(15)12(16)11-7-8-5-3-6-9(14)13(8)17-11/h3,5-7,10,12,15-16H,2,4H2,1H3. The topological polar surface area (TPSA) is 53.6 Å². The highest BCUT2D eigenvalue weighted by Crippen LogP contribution is 2.31. The maximum Gasteiger partial charge on any atom is 0.152 e. The predicted octanol–water partition coefficient (Wildman–Crippen LogP) is 3.28. The van der Waals surface area contributed by atoms with E-state index in [1.165, 1.54) is 0 Å². The molecular weight excluding hydrogens is 240 g/mol. The van der Waals surface area contributed by atoms with Gasteiger partial charge in [-0.1, -0.05) is 37.1 Å². The van der Waals surface area contributed by atoms with Gasteiger partial charge in [0.05, 0.1) is 11.1 Å². The van der Waals surface area contributed by atoms with E-state index in [9.17, 15) is 10.2 Å². The third-order valence-electron chi connectivity index (χ3n) is 2.76. The van der Waals surface area contributed by atoms with Gasteiger partial charge in [0.2, 0.25) is 0 Å². The van der Waals surface area contributed by atoms with Crippen molar-refractivity contribution in [3.05, 3.63) is 35.0 Å². The number of halogens is 1. The van der Waals surface area contributed by atoms with Crippen molar-refractivity contribution in [1.29, 1.82) is 0 Å². The van der Waals surface area contributed by atoms with Crippen LogP contribution in [-0.2, 0) is 0 Å². The van der Waals surface area contributed by atoms with E-state index in [-0.39, 0.29) is 0 Å². The Hall–Kier alpha value is -1.03. The van der Waals surface area contributed by atoms with Crippen molar-refractivity contribution in [3.63, 3.8) is 0 Å². The first-order valence-corrected chi connectivity index (χ1v) is 6.05. The van der Waals surface area contributed by atoms with Gasteiger partial charge in [0.1, 0.15) is 11.9 Å². The number of hydrogen-bond acceptors (Lipinski definition) is 3. The minimum Gasteiger partial charge on any atom is -0.457 e. The minimum atomic E-state index is -1.00. The van der Waals surface area contributed by atoms with Crippen LogP contribution in [0.3, 0.4) is 0 Å². The van der Waals surface area contributed by atoms with Crippen molar-refractivity contribution in [2.24, 2.45) is 0 Å². The Morgan fingerprint density at radius 1 is 1.35 bits per heavy atom. The Bertz CT molecular complexity index is 506. The first-order chi connectivity index (χ1) is 8.13. The van der Waals surface area contributed by atoms with Gasteiger partial charge >= 0.3 is 0 Å². The van der Waals surface area contributed by atoms with Crippen molar-refractivity contribution in [3.8, 4) is 0 Å². The summed E-state index contributed by atoms with van der Waals surface area (Å²) in [5.41, 5.74) is 0.548. The summed E-state index contributed by atoms with van der Waals surface area (Å²) in [5, 5.41) is 21.0. The molecule has 2 aromatic rings. The van der Waals surface area contributed by atoms with E-state index in [1.54, 1.807) is 12.1 Å². The summed E-state index contributed by atoms with van der Waals surface area (Å²) in [5.74, 6) is 0.356. The molecule has 2 N–H and O–H groups in total. The summed E-state index contributed by atoms with van der Waals surface area (Å²) in [6.45, 7) is 1.95. The lowest BCUT2D eigenvalue weighted by molar-refractivity contribution is 0.00151. The average Bonchev–Trinajstić information content (AvgIpc) is 2.73. The van der Waals surface area contributed by atoms with Crippen molar-refractivity contribution < 1.29 is 14.6 Å². The van der Waals surface area contributed by atoms with E-state index < -0.39 is 12.2 Å². The van der Waals surface area contributed by atoms with Crippen LogP contribution in [-0.4, -0.2) is 16.3 Å². The van der Waals surface area contributed by atoms with Crippen molar-refractivity contribution in [2.45, 2.75) is 32.0 Å². The van der Waals surface area contributed by atoms with Crippen LogP contribution in [0.4, 0.5) is 0 Å². The number of hydrogen-bond donors (Lipinski definition) is 2. The average molecular weight is 255 g/mol. The second-order valence-corrected chi connectivity index (χ2v) is 4.52. The lowest BCUT2D eigenvalue weighted by Gasteiger charge is -2.14. The number of rotatable bonds is 4. The summed E-state index contributed by atoms with van der Waals surface area (Å²) in [7, 11) is 0. The molecule has 0 fully saturated rings. The van der Waals surface area contributed by atoms with Crippen LogP contribution >= 0.6 is 11.6 Å². The fourth-order valence-electron chi connectivity index (χ4n) is 1.84. The summed E-state index contributed by atoms with van der Waals surface area (Å²) >= 11 is 5.98. The molecule has 3 nitrogen and oxygen atoms in total. The van der Waals surface area contributed by atoms with Crippen molar-refractivity contribution >= 4 is 22.6 Å². The Kier molecular flexibility index (Phi) is 3.72. The highest BCUT2D eigenvalue weighted by atomic mass is 35.5. The summed E-state index contributed by atoms with van der Waals surface area (Å²) in [6.07, 6.45) is -0.469. The maximum atomic E-state index is 9.93. The summed E-state index contributed by atoms with van der Waals surface area (Å²) in [4.78, 5) is 0. The first kappa shape index (κ1) is 12.4. The van der Waals surface area contributed by atoms with Crippen LogP contribution in [0, 0.1) is 0 Å². The SMILES string of the molecule is CCCC(O)C(O)c1cc2cccc(Cl)c2o1. The molecular formula is C13H15ClO3. The number of aliphatic hydroxyl groups excluding tert-OH is 2. The molecule has 0 amide bonds. The second kappa shape index (κ2) is 5.08. The fraction of sp³-hybridized carbons (Fsp3) is 0.385. The first-order valence-electron chi connectivity index (χ1n) is 5.67. The van der Waals surface area contributed by atoms with Crippen LogP contribution < -0.4 is 0 Å². The molecule has 0 spiro atoms. The van der Waals surface area contributed by atoms with Gasteiger partial charge in [-0.2, -0.15) is 0 Å². The van der Waals surface area contributed by atoms with Gasteiger partial charge in [-0.15, -0.1) is 0 Å². The van der Waals surface area contributed by atoms with Crippen molar-refractivity contribution in [2.75, 3.05) is 0 Å². The van der Waals surface area contributed by atoms with E-state index in [4.69, 9.17) is 16.0 Å². The van der Waals surface area contributed by atoms with Gasteiger partial charge in [0, 0.05) is 5.39 Å². The van der Waals surface area contributed by atoms with Gasteiger partial charge in [-0.25, -0.2) is 0 Å². The predicted molar refractivity (Wildman–Crippen MR) is 67.1 cm³/mol. The largest absolute Gasteiger partial charge is 0.457 e. The molecule has 2 rings (SSSR count). The highest BCUT2D eigenvalue weighted by Gasteiger charge is 2.21. The number of para-hydroxylation sites is 1. The Labute approximate surface area is 105 Å². The fourth-order valence-corrected chi connectivity index (χ4v) is 2.06. The van der Waals surface area contributed by atoms with Crippen molar-refractivity contribution in [1.82, 2.24) is 0 Å². The van der Waals surface area contributed by atoms with Crippen LogP contribution in [0.5, 0.6) is 0 Å². The normalized spacial score (nSPS) is 15.1. The molecule has 1 aromatic carbocycles. The van der Waals surface area contributed by atoms with Crippen LogP contribution in [0.2, 0.25) is 5.02 Å². The third kappa shape index (κ3) is 2.46. The van der Waals surface area contributed by atoms with Gasteiger partial charge in [0.25, 0.3) is 0 Å². The molecule has 2 unspecified atom stereocenters. The van der Waals surface area contributed by atoms with Gasteiger partial charge in [-0.05, 0) is 18.6 Å². The second-order valence-electron chi connectivity index (χ2n) is 4.11. The molecule has 17 heavy (non-hydrogen) atoms. The molecule has 92 valence electrons. The number of furan rings is 1. The van der Waals surface area contributed by atoms with Gasteiger partial charge in [0.15, 0.2) is 5.58 Å². The lowest BCUT2D eigenvalue weighted by atomic mass is 10.1. The number of benzene rings is 1. The third-order valence-corrected chi connectivity index (χ3v) is 3.05. The van der Waals surface area contributed by atoms with Gasteiger partial charge in [-0.3, -0.25) is 0 Å². The monoisotopic (exact) mass is 254 g/mol. The van der Waals surface area contributed by atoms with E-state index >= 15 is 0 Å². The molecule has 1 heterocycles. The van der Waals surface area contributed by atoms with Crippen LogP contribution in [0.15, 0.2) is 28.7 Å². The molecule has 0 bridgehead atoms. The van der Waals surface area contributed by atoms with E-state index in [2.05, 4.69) is 0 Å². The molecule has 1 aromatic heterocycles. The smallest absolute Gasteiger partial charge is 0.152 e. The molecule has 2 atom stereocenters. The number of fused-ring (bicyclic) bond motifs is 1. The van der Waals surface area contributed by atoms with Gasteiger partial charge < -0.3 is 14.6 Å². The summed E-state index contributed by atoms with van der Waals surface area (Å²) in [6, 6.07) is 7.11. The zero-order chi connectivity index (χ0) is 12.4. The molecule has 0 aliphatic rings. The summed E-state index contributed by atoms with van der Waals surface area (Å²) < 4.78 is 5.49. The van der Waals surface area contributed by atoms with Crippen LogP contribution in [0.25, 0.3) is 11.0 Å². The highest BCUT2D eigenvalue weighted by molar-refractivity contribution is 6.34. The van der Waals surface area contributed by atoms with E-state index in [0.717, 1.165) is 11.8 Å². The van der Waals surface area contributed by atoms with E-state index in [0.29, 0.717) is 22.8 Å². The molecule has 0 radical (unpaired) electrons. The molecule has 0 saturated heterocycles. The zero-order valence-electron chi connectivity index (χ0n) is 9.56. The minimum absolute atomic E-state index is 0.356. The Balaban J connectivity index is 2.33. The van der Waals surface area contributed by atoms with Crippen LogP contribution in [0.1, 0.15) is 31.6 Å². The molecule has 0 aliphatic carbocycles. The quantitative estimate of drug-likeness (QED) is 0.880. The lowest BCUT2D eigenvalue weighted by Crippen LogP contribution is -2.17. The van der Waals surface area contributed by atoms with E-state index in [1.807, 2.05) is 19.1 Å². The molecule has 0 aliphatic heterocycles. The molecule has 4 heteroatoms. The zero-order valence-corrected chi connectivity index (χ0v) is 10.3. The Morgan fingerprint density at radius 3 is 2.76 bits per heavy atom. The maximum absolute atomic E-state index is 9.93. The number of aliphatic hydroxyl groups is 2. The molecule has 0 saturated carbocycles. The Morgan fingerprint density at radius 2 is 2.12 bits per heavy atom.